The minimum absolute atomic E-state index is 0.173. The number of amides is 1. The molecular formula is C13H17N3O4. The van der Waals surface area contributed by atoms with Crippen molar-refractivity contribution in [2.24, 2.45) is 0 Å². The zero-order valence-corrected chi connectivity index (χ0v) is 11.3. The fourth-order valence-electron chi connectivity index (χ4n) is 1.53. The average Bonchev–Trinajstić information content (AvgIpc) is 2.41. The van der Waals surface area contributed by atoms with Crippen LogP contribution in [-0.4, -0.2) is 46.0 Å². The first-order valence-electron chi connectivity index (χ1n) is 6.14. The number of hydrogen-bond donors (Lipinski definition) is 0. The van der Waals surface area contributed by atoms with Crippen molar-refractivity contribution in [2.75, 3.05) is 19.7 Å². The first-order chi connectivity index (χ1) is 9.58. The van der Waals surface area contributed by atoms with Crippen molar-refractivity contribution >= 4 is 11.9 Å². The number of ether oxygens (including phenoxy) is 1. The summed E-state index contributed by atoms with van der Waals surface area (Å²) in [5.74, 6) is -0.880. The first-order valence-corrected chi connectivity index (χ1v) is 6.14. The molecule has 1 aromatic rings. The second-order valence-electron chi connectivity index (χ2n) is 3.90. The van der Waals surface area contributed by atoms with Crippen LogP contribution in [-0.2, 0) is 20.9 Å². The van der Waals surface area contributed by atoms with Crippen LogP contribution < -0.4 is 5.69 Å². The van der Waals surface area contributed by atoms with Gasteiger partial charge in [0.2, 0.25) is 5.91 Å². The van der Waals surface area contributed by atoms with E-state index >= 15 is 0 Å². The standard InChI is InChI=1S/C13H17N3O4/c1-3-7-15(10-12(18)20-4-2)11(17)9-16-8-5-6-14-13(16)19/h3,5-6,8H,1,4,7,9-10H2,2H3. The van der Waals surface area contributed by atoms with E-state index in [-0.39, 0.29) is 32.1 Å². The molecule has 0 saturated carbocycles. The maximum Gasteiger partial charge on any atom is 0.347 e. The second kappa shape index (κ2) is 7.88. The lowest BCUT2D eigenvalue weighted by atomic mass is 10.4. The van der Waals surface area contributed by atoms with Crippen LogP contribution in [0.1, 0.15) is 6.92 Å². The number of rotatable bonds is 7. The predicted molar refractivity (Wildman–Crippen MR) is 71.9 cm³/mol. The van der Waals surface area contributed by atoms with Crippen LogP contribution in [0.2, 0.25) is 0 Å². The normalized spacial score (nSPS) is 9.85. The van der Waals surface area contributed by atoms with Gasteiger partial charge >= 0.3 is 11.7 Å². The Balaban J connectivity index is 2.74. The monoisotopic (exact) mass is 279 g/mol. The predicted octanol–water partition coefficient (Wildman–Crippen LogP) is -0.179. The van der Waals surface area contributed by atoms with Gasteiger partial charge in [-0.1, -0.05) is 6.08 Å². The summed E-state index contributed by atoms with van der Waals surface area (Å²) in [5, 5.41) is 0. The third kappa shape index (κ3) is 4.68. The van der Waals surface area contributed by atoms with E-state index in [0.717, 1.165) is 0 Å². The van der Waals surface area contributed by atoms with Crippen molar-refractivity contribution in [3.8, 4) is 0 Å². The molecule has 0 atom stereocenters. The lowest BCUT2D eigenvalue weighted by Crippen LogP contribution is -2.40. The Morgan fingerprint density at radius 3 is 2.90 bits per heavy atom. The molecule has 1 amide bonds. The molecule has 7 heteroatoms. The molecule has 1 aromatic heterocycles. The maximum atomic E-state index is 12.1. The summed E-state index contributed by atoms with van der Waals surface area (Å²) >= 11 is 0. The number of nitrogens with zero attached hydrogens (tertiary/aromatic N) is 3. The third-order valence-corrected chi connectivity index (χ3v) is 2.42. The largest absolute Gasteiger partial charge is 0.465 e. The molecule has 0 aliphatic rings. The van der Waals surface area contributed by atoms with Crippen LogP contribution in [0.25, 0.3) is 0 Å². The first kappa shape index (κ1) is 15.6. The Hall–Kier alpha value is -2.44. The van der Waals surface area contributed by atoms with Crippen molar-refractivity contribution in [3.63, 3.8) is 0 Å². The van der Waals surface area contributed by atoms with Crippen molar-refractivity contribution in [1.82, 2.24) is 14.5 Å². The molecule has 1 heterocycles. The summed E-state index contributed by atoms with van der Waals surface area (Å²) in [6, 6.07) is 1.55. The minimum Gasteiger partial charge on any atom is -0.465 e. The van der Waals surface area contributed by atoms with E-state index in [2.05, 4.69) is 11.6 Å². The van der Waals surface area contributed by atoms with Gasteiger partial charge in [-0.3, -0.25) is 14.2 Å². The minimum atomic E-state index is -0.518. The lowest BCUT2D eigenvalue weighted by molar-refractivity contribution is -0.148. The summed E-state index contributed by atoms with van der Waals surface area (Å²) in [7, 11) is 0. The number of aromatic nitrogens is 2. The van der Waals surface area contributed by atoms with Gasteiger partial charge in [0.05, 0.1) is 6.61 Å². The van der Waals surface area contributed by atoms with Crippen molar-refractivity contribution in [1.29, 1.82) is 0 Å². The van der Waals surface area contributed by atoms with Gasteiger partial charge in [-0.05, 0) is 13.0 Å². The Morgan fingerprint density at radius 2 is 2.30 bits per heavy atom. The van der Waals surface area contributed by atoms with Gasteiger partial charge < -0.3 is 9.64 Å². The van der Waals surface area contributed by atoms with Gasteiger partial charge in [-0.25, -0.2) is 9.78 Å². The van der Waals surface area contributed by atoms with Crippen LogP contribution in [0.5, 0.6) is 0 Å². The molecule has 0 spiro atoms. The smallest absolute Gasteiger partial charge is 0.347 e. The third-order valence-electron chi connectivity index (χ3n) is 2.42. The Kier molecular flexibility index (Phi) is 6.15. The van der Waals surface area contributed by atoms with Gasteiger partial charge in [0.25, 0.3) is 0 Å². The zero-order valence-electron chi connectivity index (χ0n) is 11.3. The molecule has 0 aliphatic carbocycles. The highest BCUT2D eigenvalue weighted by molar-refractivity contribution is 5.82. The van der Waals surface area contributed by atoms with E-state index in [4.69, 9.17) is 4.74 Å². The number of hydrogen-bond acceptors (Lipinski definition) is 5. The van der Waals surface area contributed by atoms with E-state index in [9.17, 15) is 14.4 Å². The molecule has 0 unspecified atom stereocenters. The summed E-state index contributed by atoms with van der Waals surface area (Å²) < 4.78 is 5.97. The molecule has 108 valence electrons. The SMILES string of the molecule is C=CCN(CC(=O)OCC)C(=O)Cn1cccnc1=O. The fraction of sp³-hybridized carbons (Fsp3) is 0.385. The van der Waals surface area contributed by atoms with E-state index in [1.54, 1.807) is 13.0 Å². The molecule has 0 fully saturated rings. The van der Waals surface area contributed by atoms with Crippen LogP contribution in [0.3, 0.4) is 0 Å². The summed E-state index contributed by atoms with van der Waals surface area (Å²) in [6.45, 7) is 5.32. The highest BCUT2D eigenvalue weighted by atomic mass is 16.5. The average molecular weight is 279 g/mol. The van der Waals surface area contributed by atoms with Gasteiger partial charge in [0.15, 0.2) is 0 Å². The molecule has 7 nitrogen and oxygen atoms in total. The topological polar surface area (TPSA) is 81.5 Å². The molecule has 20 heavy (non-hydrogen) atoms. The van der Waals surface area contributed by atoms with Crippen molar-refractivity contribution in [2.45, 2.75) is 13.5 Å². The van der Waals surface area contributed by atoms with Crippen LogP contribution in [0.4, 0.5) is 0 Å². The highest BCUT2D eigenvalue weighted by Gasteiger charge is 2.17. The van der Waals surface area contributed by atoms with Gasteiger partial charge in [0, 0.05) is 18.9 Å². The molecule has 0 saturated heterocycles. The number of carbonyl (C=O) groups excluding carboxylic acids is 2. The van der Waals surface area contributed by atoms with E-state index < -0.39 is 11.7 Å². The van der Waals surface area contributed by atoms with Crippen LogP contribution in [0, 0.1) is 0 Å². The Bertz CT molecular complexity index is 538. The number of esters is 1. The maximum absolute atomic E-state index is 12.1. The molecular weight excluding hydrogens is 262 g/mol. The summed E-state index contributed by atoms with van der Waals surface area (Å²) in [4.78, 5) is 39.7. The Labute approximate surface area is 116 Å². The number of carbonyl (C=O) groups is 2. The summed E-state index contributed by atoms with van der Waals surface area (Å²) in [6.07, 6.45) is 4.32. The van der Waals surface area contributed by atoms with Gasteiger partial charge in [0.1, 0.15) is 13.1 Å². The highest BCUT2D eigenvalue weighted by Crippen LogP contribution is 1.95. The van der Waals surface area contributed by atoms with E-state index in [1.165, 1.54) is 27.9 Å². The molecule has 0 radical (unpaired) electrons. The van der Waals surface area contributed by atoms with Crippen molar-refractivity contribution in [3.05, 3.63) is 41.6 Å². The van der Waals surface area contributed by atoms with Gasteiger partial charge in [-0.2, -0.15) is 0 Å². The molecule has 0 N–H and O–H groups in total. The van der Waals surface area contributed by atoms with Crippen LogP contribution >= 0.6 is 0 Å². The van der Waals surface area contributed by atoms with E-state index in [1.807, 2.05) is 0 Å². The Morgan fingerprint density at radius 1 is 1.55 bits per heavy atom. The second-order valence-corrected chi connectivity index (χ2v) is 3.90. The summed E-state index contributed by atoms with van der Waals surface area (Å²) in [5.41, 5.74) is -0.518. The quantitative estimate of drug-likeness (QED) is 0.511. The molecule has 1 rings (SSSR count). The molecule has 0 aliphatic heterocycles. The van der Waals surface area contributed by atoms with Crippen molar-refractivity contribution < 1.29 is 14.3 Å². The molecule has 0 aromatic carbocycles. The van der Waals surface area contributed by atoms with Gasteiger partial charge in [-0.15, -0.1) is 6.58 Å². The van der Waals surface area contributed by atoms with Crippen LogP contribution in [0.15, 0.2) is 35.9 Å². The zero-order chi connectivity index (χ0) is 15.0. The lowest BCUT2D eigenvalue weighted by Gasteiger charge is -2.20. The molecule has 0 bridgehead atoms. The fourth-order valence-corrected chi connectivity index (χ4v) is 1.53. The van der Waals surface area contributed by atoms with E-state index in [0.29, 0.717) is 0 Å².